The quantitative estimate of drug-likeness (QED) is 0.920. The average Bonchev–Trinajstić information content (AvgIpc) is 2.73. The Bertz CT molecular complexity index is 588. The van der Waals surface area contributed by atoms with E-state index < -0.39 is 5.97 Å². The van der Waals surface area contributed by atoms with Gasteiger partial charge in [-0.1, -0.05) is 0 Å². The standard InChI is InChI=1S/C14H17NO2S/c1-8-5-12(18-11(8)4)7-15-9(2)6-13(10(15)3)14(16)17/h5-6H,7H2,1-4H3,(H,16,17). The average molecular weight is 263 g/mol. The number of carboxylic acid groups (broad SMARTS) is 1. The molecule has 0 radical (unpaired) electrons. The van der Waals surface area contributed by atoms with Crippen molar-refractivity contribution in [3.63, 3.8) is 0 Å². The molecular weight excluding hydrogens is 246 g/mol. The smallest absolute Gasteiger partial charge is 0.337 e. The van der Waals surface area contributed by atoms with Gasteiger partial charge in [-0.3, -0.25) is 0 Å². The lowest BCUT2D eigenvalue weighted by atomic mass is 10.2. The van der Waals surface area contributed by atoms with Gasteiger partial charge in [-0.05, 0) is 45.4 Å². The summed E-state index contributed by atoms with van der Waals surface area (Å²) in [5, 5.41) is 9.11. The van der Waals surface area contributed by atoms with Gasteiger partial charge in [0.15, 0.2) is 0 Å². The molecule has 4 heteroatoms. The molecule has 0 aliphatic carbocycles. The second-order valence-corrected chi connectivity index (χ2v) is 5.97. The molecule has 2 aromatic rings. The van der Waals surface area contributed by atoms with Crippen molar-refractivity contribution in [2.75, 3.05) is 0 Å². The van der Waals surface area contributed by atoms with Crippen molar-refractivity contribution in [1.29, 1.82) is 0 Å². The molecule has 3 nitrogen and oxygen atoms in total. The van der Waals surface area contributed by atoms with E-state index in [1.165, 1.54) is 15.3 Å². The largest absolute Gasteiger partial charge is 0.478 e. The van der Waals surface area contributed by atoms with Crippen LogP contribution in [0, 0.1) is 27.7 Å². The molecule has 0 bridgehead atoms. The van der Waals surface area contributed by atoms with Gasteiger partial charge in [-0.15, -0.1) is 11.3 Å². The summed E-state index contributed by atoms with van der Waals surface area (Å²) in [6, 6.07) is 3.92. The zero-order chi connectivity index (χ0) is 13.4. The van der Waals surface area contributed by atoms with Gasteiger partial charge in [-0.25, -0.2) is 4.79 Å². The molecule has 0 fully saturated rings. The molecule has 0 aliphatic heterocycles. The number of carboxylic acids is 1. The number of thiophene rings is 1. The molecule has 0 saturated heterocycles. The van der Waals surface area contributed by atoms with Gasteiger partial charge < -0.3 is 9.67 Å². The van der Waals surface area contributed by atoms with E-state index in [9.17, 15) is 4.79 Å². The fraction of sp³-hybridized carbons (Fsp3) is 0.357. The van der Waals surface area contributed by atoms with Gasteiger partial charge in [0.2, 0.25) is 0 Å². The highest BCUT2D eigenvalue weighted by atomic mass is 32.1. The van der Waals surface area contributed by atoms with Crippen molar-refractivity contribution in [3.05, 3.63) is 44.4 Å². The van der Waals surface area contributed by atoms with Gasteiger partial charge in [0, 0.05) is 21.1 Å². The molecule has 96 valence electrons. The topological polar surface area (TPSA) is 42.2 Å². The molecular formula is C14H17NO2S. The molecule has 0 spiro atoms. The Hall–Kier alpha value is -1.55. The summed E-state index contributed by atoms with van der Waals surface area (Å²) in [4.78, 5) is 13.7. The minimum absolute atomic E-state index is 0.400. The molecule has 0 amide bonds. The number of aromatic carboxylic acids is 1. The van der Waals surface area contributed by atoms with Crippen molar-refractivity contribution in [2.24, 2.45) is 0 Å². The highest BCUT2D eigenvalue weighted by Crippen LogP contribution is 2.24. The molecule has 0 atom stereocenters. The Labute approximate surface area is 111 Å². The van der Waals surface area contributed by atoms with Crippen LogP contribution in [0.25, 0.3) is 0 Å². The SMILES string of the molecule is Cc1cc(Cn2c(C)cc(C(=O)O)c2C)sc1C. The molecule has 0 unspecified atom stereocenters. The monoisotopic (exact) mass is 263 g/mol. The summed E-state index contributed by atoms with van der Waals surface area (Å²) < 4.78 is 2.06. The number of hydrogen-bond donors (Lipinski definition) is 1. The Morgan fingerprint density at radius 2 is 1.94 bits per heavy atom. The maximum atomic E-state index is 11.1. The first-order valence-corrected chi connectivity index (χ1v) is 6.67. The minimum atomic E-state index is -0.854. The van der Waals surface area contributed by atoms with Crippen molar-refractivity contribution in [2.45, 2.75) is 34.2 Å². The zero-order valence-electron chi connectivity index (χ0n) is 11.1. The highest BCUT2D eigenvalue weighted by molar-refractivity contribution is 7.12. The summed E-state index contributed by atoms with van der Waals surface area (Å²) in [6.07, 6.45) is 0. The number of aromatic nitrogens is 1. The Kier molecular flexibility index (Phi) is 3.30. The van der Waals surface area contributed by atoms with E-state index in [0.717, 1.165) is 17.9 Å². The van der Waals surface area contributed by atoms with Crippen molar-refractivity contribution < 1.29 is 9.90 Å². The van der Waals surface area contributed by atoms with Crippen LogP contribution in [0.1, 0.15) is 37.1 Å². The second-order valence-electron chi connectivity index (χ2n) is 4.63. The maximum Gasteiger partial charge on any atom is 0.337 e. The van der Waals surface area contributed by atoms with Crippen molar-refractivity contribution >= 4 is 17.3 Å². The van der Waals surface area contributed by atoms with Crippen LogP contribution in [-0.4, -0.2) is 15.6 Å². The maximum absolute atomic E-state index is 11.1. The van der Waals surface area contributed by atoms with E-state index in [1.807, 2.05) is 13.8 Å². The summed E-state index contributed by atoms with van der Waals surface area (Å²) in [6.45, 7) is 8.79. The predicted molar refractivity (Wildman–Crippen MR) is 73.8 cm³/mol. The molecule has 1 N–H and O–H groups in total. The molecule has 2 heterocycles. The second kappa shape index (κ2) is 4.61. The fourth-order valence-electron chi connectivity index (χ4n) is 2.14. The summed E-state index contributed by atoms with van der Waals surface area (Å²) in [7, 11) is 0. The normalized spacial score (nSPS) is 10.9. The third kappa shape index (κ3) is 2.20. The molecule has 2 aromatic heterocycles. The number of aryl methyl sites for hydroxylation is 3. The van der Waals surface area contributed by atoms with E-state index >= 15 is 0 Å². The fourth-order valence-corrected chi connectivity index (χ4v) is 3.19. The van der Waals surface area contributed by atoms with Crippen LogP contribution < -0.4 is 0 Å². The summed E-state index contributed by atoms with van der Waals surface area (Å²) >= 11 is 1.78. The summed E-state index contributed by atoms with van der Waals surface area (Å²) in [5.74, 6) is -0.854. The third-order valence-electron chi connectivity index (χ3n) is 3.34. The van der Waals surface area contributed by atoms with Crippen LogP contribution in [0.2, 0.25) is 0 Å². The number of carbonyl (C=O) groups is 1. The Morgan fingerprint density at radius 1 is 1.28 bits per heavy atom. The first-order chi connectivity index (χ1) is 8.40. The Morgan fingerprint density at radius 3 is 2.39 bits per heavy atom. The van der Waals surface area contributed by atoms with Gasteiger partial charge in [0.1, 0.15) is 0 Å². The van der Waals surface area contributed by atoms with Gasteiger partial charge in [-0.2, -0.15) is 0 Å². The predicted octanol–water partition coefficient (Wildman–Crippen LogP) is 3.53. The van der Waals surface area contributed by atoms with Gasteiger partial charge in [0.25, 0.3) is 0 Å². The number of nitrogens with zero attached hydrogens (tertiary/aromatic N) is 1. The number of rotatable bonds is 3. The van der Waals surface area contributed by atoms with Crippen LogP contribution in [0.15, 0.2) is 12.1 Å². The number of hydrogen-bond acceptors (Lipinski definition) is 2. The van der Waals surface area contributed by atoms with Crippen molar-refractivity contribution in [3.8, 4) is 0 Å². The molecule has 0 aromatic carbocycles. The molecule has 2 rings (SSSR count). The Balaban J connectivity index is 2.37. The molecule has 18 heavy (non-hydrogen) atoms. The lowest BCUT2D eigenvalue weighted by Crippen LogP contribution is -2.04. The lowest BCUT2D eigenvalue weighted by Gasteiger charge is -2.07. The molecule has 0 saturated carbocycles. The first kappa shape index (κ1) is 12.9. The molecule has 0 aliphatic rings. The van der Waals surface area contributed by atoms with Crippen LogP contribution in [0.3, 0.4) is 0 Å². The van der Waals surface area contributed by atoms with E-state index in [0.29, 0.717) is 5.56 Å². The third-order valence-corrected chi connectivity index (χ3v) is 4.47. The van der Waals surface area contributed by atoms with Crippen LogP contribution in [0.5, 0.6) is 0 Å². The van der Waals surface area contributed by atoms with E-state index in [1.54, 1.807) is 17.4 Å². The van der Waals surface area contributed by atoms with Crippen LogP contribution in [-0.2, 0) is 6.54 Å². The summed E-state index contributed by atoms with van der Waals surface area (Å²) in [5.41, 5.74) is 3.52. The first-order valence-electron chi connectivity index (χ1n) is 5.86. The lowest BCUT2D eigenvalue weighted by molar-refractivity contribution is 0.0696. The van der Waals surface area contributed by atoms with E-state index in [-0.39, 0.29) is 0 Å². The van der Waals surface area contributed by atoms with Crippen molar-refractivity contribution in [1.82, 2.24) is 4.57 Å². The van der Waals surface area contributed by atoms with Gasteiger partial charge >= 0.3 is 5.97 Å². The minimum Gasteiger partial charge on any atom is -0.478 e. The highest BCUT2D eigenvalue weighted by Gasteiger charge is 2.15. The van der Waals surface area contributed by atoms with Gasteiger partial charge in [0.05, 0.1) is 12.1 Å². The van der Waals surface area contributed by atoms with E-state index in [4.69, 9.17) is 5.11 Å². The van der Waals surface area contributed by atoms with Crippen LogP contribution in [0.4, 0.5) is 0 Å². The van der Waals surface area contributed by atoms with Crippen LogP contribution >= 0.6 is 11.3 Å². The zero-order valence-corrected chi connectivity index (χ0v) is 11.9. The van der Waals surface area contributed by atoms with E-state index in [2.05, 4.69) is 24.5 Å².